The third-order valence-electron chi connectivity index (χ3n) is 4.69. The van der Waals surface area contributed by atoms with Gasteiger partial charge in [0.1, 0.15) is 11.5 Å². The molecule has 0 atom stereocenters. The molecule has 0 radical (unpaired) electrons. The molecule has 29 heavy (non-hydrogen) atoms. The molecule has 0 fully saturated rings. The van der Waals surface area contributed by atoms with Gasteiger partial charge in [0.05, 0.1) is 19.5 Å². The number of nitrogens with zero attached hydrogens (tertiary/aromatic N) is 4. The smallest absolute Gasteiger partial charge is 0.232 e. The zero-order valence-electron chi connectivity index (χ0n) is 16.4. The van der Waals surface area contributed by atoms with Gasteiger partial charge in [-0.3, -0.25) is 9.36 Å². The number of carbonyl (C=O) groups is 1. The summed E-state index contributed by atoms with van der Waals surface area (Å²) in [5.74, 6) is 2.75. The molecule has 3 aromatic rings. The zero-order valence-corrected chi connectivity index (χ0v) is 17.2. The highest BCUT2D eigenvalue weighted by Crippen LogP contribution is 2.33. The number of Topliss-reactive ketones (excluding diaryl/α,β-unsaturated/α-hetero) is 1. The molecule has 8 heteroatoms. The number of rotatable bonds is 8. The van der Waals surface area contributed by atoms with Gasteiger partial charge < -0.3 is 14.4 Å². The Morgan fingerprint density at radius 2 is 1.76 bits per heavy atom. The summed E-state index contributed by atoms with van der Waals surface area (Å²) in [5.41, 5.74) is 1.71. The standard InChI is InChI=1S/C21H22N4O3S/c1-3-28-18-10-6-16(7-11-18)24-12-13-25-20(24)22-23-21(25)29-14-19(26)15-4-8-17(27-2)9-5-15/h4-11H,3,12-14H2,1-2H3. The van der Waals surface area contributed by atoms with E-state index in [-0.39, 0.29) is 5.78 Å². The third-order valence-corrected chi connectivity index (χ3v) is 5.66. The minimum atomic E-state index is 0.0522. The number of hydrogen-bond donors (Lipinski definition) is 0. The van der Waals surface area contributed by atoms with Crippen LogP contribution >= 0.6 is 11.8 Å². The van der Waals surface area contributed by atoms with Gasteiger partial charge in [0.15, 0.2) is 10.9 Å². The lowest BCUT2D eigenvalue weighted by Gasteiger charge is -2.15. The molecule has 0 N–H and O–H groups in total. The SMILES string of the molecule is CCOc1ccc(N2CCn3c(SCC(=O)c4ccc(OC)cc4)nnc32)cc1. The van der Waals surface area contributed by atoms with Crippen molar-refractivity contribution in [2.24, 2.45) is 0 Å². The molecule has 0 bridgehead atoms. The van der Waals surface area contributed by atoms with E-state index >= 15 is 0 Å². The van der Waals surface area contributed by atoms with Crippen molar-refractivity contribution >= 4 is 29.2 Å². The van der Waals surface area contributed by atoms with Gasteiger partial charge in [-0.25, -0.2) is 0 Å². The molecular weight excluding hydrogens is 388 g/mol. The second-order valence-corrected chi connectivity index (χ2v) is 7.40. The molecule has 1 aliphatic rings. The Bertz CT molecular complexity index is 986. The summed E-state index contributed by atoms with van der Waals surface area (Å²) in [5, 5.41) is 9.40. The van der Waals surface area contributed by atoms with E-state index in [0.29, 0.717) is 17.9 Å². The minimum absolute atomic E-state index is 0.0522. The van der Waals surface area contributed by atoms with Gasteiger partial charge in [0, 0.05) is 24.3 Å². The summed E-state index contributed by atoms with van der Waals surface area (Å²) in [6.45, 7) is 4.22. The topological polar surface area (TPSA) is 69.5 Å². The highest BCUT2D eigenvalue weighted by Gasteiger charge is 2.26. The van der Waals surface area contributed by atoms with Crippen LogP contribution in [0.1, 0.15) is 17.3 Å². The molecule has 0 unspecified atom stereocenters. The average molecular weight is 410 g/mol. The monoisotopic (exact) mass is 410 g/mol. The normalized spacial score (nSPS) is 12.7. The maximum absolute atomic E-state index is 12.5. The Hall–Kier alpha value is -3.00. The summed E-state index contributed by atoms with van der Waals surface area (Å²) >= 11 is 1.41. The lowest BCUT2D eigenvalue weighted by molar-refractivity contribution is 0.102. The van der Waals surface area contributed by atoms with Crippen molar-refractivity contribution in [1.29, 1.82) is 0 Å². The van der Waals surface area contributed by atoms with E-state index in [4.69, 9.17) is 9.47 Å². The van der Waals surface area contributed by atoms with Crippen LogP contribution in [0.15, 0.2) is 53.7 Å². The van der Waals surface area contributed by atoms with E-state index < -0.39 is 0 Å². The van der Waals surface area contributed by atoms with Gasteiger partial charge >= 0.3 is 0 Å². The second-order valence-electron chi connectivity index (χ2n) is 6.45. The van der Waals surface area contributed by atoms with Crippen LogP contribution in [-0.4, -0.2) is 46.6 Å². The highest BCUT2D eigenvalue weighted by atomic mass is 32.2. The molecule has 0 saturated carbocycles. The van der Waals surface area contributed by atoms with E-state index in [1.54, 1.807) is 31.4 Å². The van der Waals surface area contributed by atoms with Crippen molar-refractivity contribution in [2.45, 2.75) is 18.6 Å². The van der Waals surface area contributed by atoms with Crippen LogP contribution < -0.4 is 14.4 Å². The Morgan fingerprint density at radius 1 is 1.03 bits per heavy atom. The van der Waals surface area contributed by atoms with Crippen LogP contribution in [0.4, 0.5) is 11.6 Å². The molecular formula is C21H22N4O3S. The number of ketones is 1. The lowest BCUT2D eigenvalue weighted by Crippen LogP contribution is -2.14. The van der Waals surface area contributed by atoms with Crippen molar-refractivity contribution in [3.63, 3.8) is 0 Å². The quantitative estimate of drug-likeness (QED) is 0.413. The number of fused-ring (bicyclic) bond motifs is 1. The molecule has 0 saturated heterocycles. The fourth-order valence-corrected chi connectivity index (χ4v) is 4.06. The van der Waals surface area contributed by atoms with Gasteiger partial charge in [0.2, 0.25) is 5.95 Å². The first-order valence-electron chi connectivity index (χ1n) is 9.43. The van der Waals surface area contributed by atoms with E-state index in [1.165, 1.54) is 11.8 Å². The summed E-state index contributed by atoms with van der Waals surface area (Å²) in [6.07, 6.45) is 0. The van der Waals surface area contributed by atoms with Gasteiger partial charge in [-0.05, 0) is 55.5 Å². The maximum atomic E-state index is 12.5. The summed E-state index contributed by atoms with van der Waals surface area (Å²) < 4.78 is 12.7. The van der Waals surface area contributed by atoms with E-state index in [1.807, 2.05) is 31.2 Å². The van der Waals surface area contributed by atoms with Gasteiger partial charge in [-0.15, -0.1) is 10.2 Å². The minimum Gasteiger partial charge on any atom is -0.497 e. The zero-order chi connectivity index (χ0) is 20.2. The molecule has 0 aliphatic carbocycles. The molecule has 0 amide bonds. The first-order chi connectivity index (χ1) is 14.2. The molecule has 150 valence electrons. The lowest BCUT2D eigenvalue weighted by atomic mass is 10.1. The third kappa shape index (κ3) is 4.07. The van der Waals surface area contributed by atoms with Crippen LogP contribution in [0, 0.1) is 0 Å². The van der Waals surface area contributed by atoms with Crippen LogP contribution in [0.3, 0.4) is 0 Å². The number of methoxy groups -OCH3 is 1. The van der Waals surface area contributed by atoms with Crippen LogP contribution in [0.2, 0.25) is 0 Å². The van der Waals surface area contributed by atoms with Crippen LogP contribution in [0.25, 0.3) is 0 Å². The highest BCUT2D eigenvalue weighted by molar-refractivity contribution is 7.99. The molecule has 2 aromatic carbocycles. The number of ether oxygens (including phenoxy) is 2. The van der Waals surface area contributed by atoms with Gasteiger partial charge in [-0.2, -0.15) is 0 Å². The average Bonchev–Trinajstić information content (AvgIpc) is 3.35. The first kappa shape index (κ1) is 19.3. The van der Waals surface area contributed by atoms with Crippen LogP contribution in [0.5, 0.6) is 11.5 Å². The fourth-order valence-electron chi connectivity index (χ4n) is 3.21. The summed E-state index contributed by atoms with van der Waals surface area (Å²) in [7, 11) is 1.61. The number of hydrogen-bond acceptors (Lipinski definition) is 7. The Kier molecular flexibility index (Phi) is 5.71. The Labute approximate surface area is 173 Å². The molecule has 4 rings (SSSR count). The molecule has 0 spiro atoms. The van der Waals surface area contributed by atoms with Gasteiger partial charge in [0.25, 0.3) is 0 Å². The van der Waals surface area contributed by atoms with Crippen molar-refractivity contribution in [1.82, 2.24) is 14.8 Å². The van der Waals surface area contributed by atoms with Crippen molar-refractivity contribution in [3.8, 4) is 11.5 Å². The maximum Gasteiger partial charge on any atom is 0.232 e. The molecule has 7 nitrogen and oxygen atoms in total. The van der Waals surface area contributed by atoms with Crippen molar-refractivity contribution in [2.75, 3.05) is 30.9 Å². The number of carbonyl (C=O) groups excluding carboxylic acids is 1. The number of anilines is 2. The Morgan fingerprint density at radius 3 is 2.45 bits per heavy atom. The predicted octanol–water partition coefficient (Wildman–Crippen LogP) is 3.81. The van der Waals surface area contributed by atoms with Crippen LogP contribution in [-0.2, 0) is 6.54 Å². The largest absolute Gasteiger partial charge is 0.497 e. The second kappa shape index (κ2) is 8.57. The summed E-state index contributed by atoms with van der Waals surface area (Å²) in [6, 6.07) is 15.1. The number of aromatic nitrogens is 3. The van der Waals surface area contributed by atoms with E-state index in [9.17, 15) is 4.79 Å². The Balaban J connectivity index is 1.42. The molecule has 2 heterocycles. The fraction of sp³-hybridized carbons (Fsp3) is 0.286. The molecule has 1 aromatic heterocycles. The predicted molar refractivity (Wildman–Crippen MR) is 113 cm³/mol. The summed E-state index contributed by atoms with van der Waals surface area (Å²) in [4.78, 5) is 14.6. The number of thioether (sulfide) groups is 1. The van der Waals surface area contributed by atoms with E-state index in [0.717, 1.165) is 41.4 Å². The van der Waals surface area contributed by atoms with Crippen molar-refractivity contribution in [3.05, 3.63) is 54.1 Å². The van der Waals surface area contributed by atoms with E-state index in [2.05, 4.69) is 19.7 Å². The van der Waals surface area contributed by atoms with Crippen molar-refractivity contribution < 1.29 is 14.3 Å². The van der Waals surface area contributed by atoms with Gasteiger partial charge in [-0.1, -0.05) is 11.8 Å². The molecule has 1 aliphatic heterocycles. The number of benzene rings is 2. The first-order valence-corrected chi connectivity index (χ1v) is 10.4.